The Bertz CT molecular complexity index is 511. The molecule has 0 N–H and O–H groups in total. The van der Waals surface area contributed by atoms with E-state index in [9.17, 15) is 0 Å². The number of rotatable bonds is 2. The first-order chi connectivity index (χ1) is 7.94. The van der Waals surface area contributed by atoms with Gasteiger partial charge in [0.25, 0.3) is 0 Å². The van der Waals surface area contributed by atoms with E-state index in [1.807, 2.05) is 12.1 Å². The van der Waals surface area contributed by atoms with Crippen molar-refractivity contribution in [2.45, 2.75) is 27.2 Å². The van der Waals surface area contributed by atoms with Crippen LogP contribution >= 0.6 is 27.3 Å². The largest absolute Gasteiger partial charge is 0.241 e. The normalized spacial score (nSPS) is 11.8. The van der Waals surface area contributed by atoms with Gasteiger partial charge in [0.2, 0.25) is 0 Å². The monoisotopic (exact) mass is 309 g/mol. The molecule has 0 fully saturated rings. The van der Waals surface area contributed by atoms with Gasteiger partial charge in [-0.1, -0.05) is 48.8 Å². The third-order valence-corrected chi connectivity index (χ3v) is 3.70. The van der Waals surface area contributed by atoms with Gasteiger partial charge in [-0.15, -0.1) is 11.3 Å². The summed E-state index contributed by atoms with van der Waals surface area (Å²) >= 11 is 5.24. The molecule has 0 unspecified atom stereocenters. The van der Waals surface area contributed by atoms with E-state index in [0.717, 1.165) is 16.6 Å². The molecule has 1 aromatic carbocycles. The van der Waals surface area contributed by atoms with E-state index in [2.05, 4.69) is 54.2 Å². The Morgan fingerprint density at radius 3 is 2.71 bits per heavy atom. The Morgan fingerprint density at radius 2 is 2.06 bits per heavy atom. The molecule has 0 aliphatic rings. The molecule has 2 aromatic rings. The Morgan fingerprint density at radius 1 is 1.29 bits per heavy atom. The average molecular weight is 310 g/mol. The first-order valence-corrected chi connectivity index (χ1v) is 7.32. The number of aromatic nitrogens is 1. The highest BCUT2D eigenvalue weighted by Crippen LogP contribution is 2.28. The lowest BCUT2D eigenvalue weighted by Gasteiger charge is -2.15. The van der Waals surface area contributed by atoms with Crippen LogP contribution in [0.5, 0.6) is 0 Å². The van der Waals surface area contributed by atoms with Crippen molar-refractivity contribution >= 4 is 27.3 Å². The smallest absolute Gasteiger partial charge is 0.0937 e. The molecule has 3 heteroatoms. The molecule has 0 aliphatic heterocycles. The lowest BCUT2D eigenvalue weighted by atomic mass is 9.93. The average Bonchev–Trinajstić information content (AvgIpc) is 2.63. The van der Waals surface area contributed by atoms with Crippen molar-refractivity contribution < 1.29 is 0 Å². The second kappa shape index (κ2) is 4.91. The summed E-state index contributed by atoms with van der Waals surface area (Å²) in [6, 6.07) is 8.28. The van der Waals surface area contributed by atoms with E-state index in [0.29, 0.717) is 5.41 Å². The maximum atomic E-state index is 4.70. The van der Waals surface area contributed by atoms with Crippen molar-refractivity contribution in [3.05, 3.63) is 39.1 Å². The molecular weight excluding hydrogens is 294 g/mol. The van der Waals surface area contributed by atoms with Crippen molar-refractivity contribution in [2.24, 2.45) is 5.41 Å². The molecule has 17 heavy (non-hydrogen) atoms. The maximum absolute atomic E-state index is 4.70. The van der Waals surface area contributed by atoms with Crippen LogP contribution in [-0.2, 0) is 6.42 Å². The number of hydrogen-bond donors (Lipinski definition) is 0. The highest BCUT2D eigenvalue weighted by Gasteiger charge is 2.14. The predicted molar refractivity (Wildman–Crippen MR) is 78.4 cm³/mol. The van der Waals surface area contributed by atoms with Crippen molar-refractivity contribution in [3.8, 4) is 11.3 Å². The van der Waals surface area contributed by atoms with Gasteiger partial charge in [0, 0.05) is 21.8 Å². The van der Waals surface area contributed by atoms with Crippen LogP contribution in [0.25, 0.3) is 11.3 Å². The molecule has 0 amide bonds. The first kappa shape index (κ1) is 12.8. The van der Waals surface area contributed by atoms with Crippen LogP contribution in [0.1, 0.15) is 25.8 Å². The Labute approximate surface area is 115 Å². The zero-order valence-electron chi connectivity index (χ0n) is 10.3. The van der Waals surface area contributed by atoms with E-state index in [-0.39, 0.29) is 0 Å². The van der Waals surface area contributed by atoms with Gasteiger partial charge in [0.15, 0.2) is 0 Å². The van der Waals surface area contributed by atoms with Gasteiger partial charge in [-0.05, 0) is 17.5 Å². The van der Waals surface area contributed by atoms with Crippen LogP contribution in [0.2, 0.25) is 0 Å². The predicted octanol–water partition coefficient (Wildman–Crippen LogP) is 5.16. The molecule has 1 nitrogen and oxygen atoms in total. The summed E-state index contributed by atoms with van der Waals surface area (Å²) in [4.78, 5) is 4.70. The zero-order chi connectivity index (χ0) is 12.5. The standard InChI is InChI=1S/C14H16BrNS/c1-14(2,3)8-13-16-12(9-17-13)10-5-4-6-11(15)7-10/h4-7,9H,8H2,1-3H3. The van der Waals surface area contributed by atoms with Gasteiger partial charge in [-0.2, -0.15) is 0 Å². The zero-order valence-corrected chi connectivity index (χ0v) is 12.7. The third-order valence-electron chi connectivity index (χ3n) is 2.35. The summed E-state index contributed by atoms with van der Waals surface area (Å²) in [6.45, 7) is 6.73. The summed E-state index contributed by atoms with van der Waals surface area (Å²) in [5.41, 5.74) is 2.55. The molecule has 2 rings (SSSR count). The molecule has 0 radical (unpaired) electrons. The van der Waals surface area contributed by atoms with Gasteiger partial charge in [0.05, 0.1) is 10.7 Å². The quantitative estimate of drug-likeness (QED) is 0.746. The SMILES string of the molecule is CC(C)(C)Cc1nc(-c2cccc(Br)c2)cs1. The van der Waals surface area contributed by atoms with Gasteiger partial charge >= 0.3 is 0 Å². The van der Waals surface area contributed by atoms with Crippen LogP contribution in [0.15, 0.2) is 34.1 Å². The molecule has 0 spiro atoms. The summed E-state index contributed by atoms with van der Waals surface area (Å²) in [5, 5.41) is 3.36. The third kappa shape index (κ3) is 3.65. The van der Waals surface area contributed by atoms with Gasteiger partial charge in [-0.25, -0.2) is 4.98 Å². The summed E-state index contributed by atoms with van der Waals surface area (Å²) in [6.07, 6.45) is 1.03. The molecule has 0 saturated heterocycles. The van der Waals surface area contributed by atoms with Crippen molar-refractivity contribution in [2.75, 3.05) is 0 Å². The van der Waals surface area contributed by atoms with E-state index >= 15 is 0 Å². The van der Waals surface area contributed by atoms with Crippen molar-refractivity contribution in [1.82, 2.24) is 4.98 Å². The molecular formula is C14H16BrNS. The Kier molecular flexibility index (Phi) is 3.69. The molecule has 1 aromatic heterocycles. The van der Waals surface area contributed by atoms with Crippen LogP contribution in [-0.4, -0.2) is 4.98 Å². The topological polar surface area (TPSA) is 12.9 Å². The summed E-state index contributed by atoms with van der Waals surface area (Å²) in [7, 11) is 0. The first-order valence-electron chi connectivity index (χ1n) is 5.64. The van der Waals surface area contributed by atoms with E-state index in [4.69, 9.17) is 4.98 Å². The van der Waals surface area contributed by atoms with Gasteiger partial charge < -0.3 is 0 Å². The van der Waals surface area contributed by atoms with Crippen molar-refractivity contribution in [3.63, 3.8) is 0 Å². The van der Waals surface area contributed by atoms with E-state index in [1.165, 1.54) is 10.6 Å². The minimum atomic E-state index is 0.298. The second-order valence-electron chi connectivity index (χ2n) is 5.37. The van der Waals surface area contributed by atoms with Crippen LogP contribution < -0.4 is 0 Å². The number of nitrogens with zero attached hydrogens (tertiary/aromatic N) is 1. The number of benzene rings is 1. The minimum Gasteiger partial charge on any atom is -0.241 e. The summed E-state index contributed by atoms with van der Waals surface area (Å²) < 4.78 is 1.10. The number of halogens is 1. The van der Waals surface area contributed by atoms with E-state index in [1.54, 1.807) is 11.3 Å². The molecule has 0 saturated carbocycles. The Balaban J connectivity index is 2.24. The molecule has 0 bridgehead atoms. The fourth-order valence-corrected chi connectivity index (χ4v) is 3.13. The highest BCUT2D eigenvalue weighted by molar-refractivity contribution is 9.10. The molecule has 0 aliphatic carbocycles. The lowest BCUT2D eigenvalue weighted by Crippen LogP contribution is -2.08. The van der Waals surface area contributed by atoms with E-state index < -0.39 is 0 Å². The van der Waals surface area contributed by atoms with Gasteiger partial charge in [-0.3, -0.25) is 0 Å². The van der Waals surface area contributed by atoms with Crippen LogP contribution in [0, 0.1) is 5.41 Å². The number of thiazole rings is 1. The van der Waals surface area contributed by atoms with Gasteiger partial charge in [0.1, 0.15) is 0 Å². The molecule has 1 heterocycles. The fourth-order valence-electron chi connectivity index (χ4n) is 1.63. The number of hydrogen-bond acceptors (Lipinski definition) is 2. The fraction of sp³-hybridized carbons (Fsp3) is 0.357. The molecule has 0 atom stereocenters. The maximum Gasteiger partial charge on any atom is 0.0937 e. The highest BCUT2D eigenvalue weighted by atomic mass is 79.9. The minimum absolute atomic E-state index is 0.298. The Hall–Kier alpha value is -0.670. The molecule has 90 valence electrons. The lowest BCUT2D eigenvalue weighted by molar-refractivity contribution is 0.410. The van der Waals surface area contributed by atoms with Crippen LogP contribution in [0.4, 0.5) is 0 Å². The van der Waals surface area contributed by atoms with Crippen LogP contribution in [0.3, 0.4) is 0 Å². The summed E-state index contributed by atoms with van der Waals surface area (Å²) in [5.74, 6) is 0. The van der Waals surface area contributed by atoms with Crippen molar-refractivity contribution in [1.29, 1.82) is 0 Å². The second-order valence-corrected chi connectivity index (χ2v) is 7.23.